The molecule has 0 aliphatic carbocycles. The highest BCUT2D eigenvalue weighted by molar-refractivity contribution is 4.74. The molecule has 0 rings (SSSR count). The summed E-state index contributed by atoms with van der Waals surface area (Å²) in [4.78, 5) is 0. The van der Waals surface area contributed by atoms with Crippen LogP contribution in [0.1, 0.15) is 85.5 Å². The molecule has 0 aromatic carbocycles. The fourth-order valence-electron chi connectivity index (χ4n) is 2.55. The van der Waals surface area contributed by atoms with Gasteiger partial charge in [-0.2, -0.15) is 0 Å². The first-order valence-electron chi connectivity index (χ1n) is 7.72. The number of rotatable bonds is 10. The normalized spacial score (nSPS) is 13.9. The van der Waals surface area contributed by atoms with Crippen LogP contribution in [0.3, 0.4) is 0 Å². The third-order valence-electron chi connectivity index (χ3n) is 3.89. The Kier molecular flexibility index (Phi) is 9.91. The number of hydrogen-bond acceptors (Lipinski definition) is 1. The van der Waals surface area contributed by atoms with Crippen molar-refractivity contribution < 1.29 is 0 Å². The summed E-state index contributed by atoms with van der Waals surface area (Å²) < 4.78 is 0. The second-order valence-electron chi connectivity index (χ2n) is 6.55. The van der Waals surface area contributed by atoms with Crippen LogP contribution in [0.5, 0.6) is 0 Å². The standard InChI is InChI=1S/C16H35N/c1-5-6-7-8-9-10-12-15(13-11-14-17)16(2,3)4/h15H,5-14,17H2,1-4H3. The zero-order valence-corrected chi connectivity index (χ0v) is 12.7. The van der Waals surface area contributed by atoms with Crippen molar-refractivity contribution in [2.24, 2.45) is 17.1 Å². The lowest BCUT2D eigenvalue weighted by atomic mass is 9.75. The van der Waals surface area contributed by atoms with Gasteiger partial charge in [-0.1, -0.05) is 66.2 Å². The fraction of sp³-hybridized carbons (Fsp3) is 1.00. The van der Waals surface area contributed by atoms with Crippen LogP contribution >= 0.6 is 0 Å². The van der Waals surface area contributed by atoms with Gasteiger partial charge in [0.2, 0.25) is 0 Å². The second kappa shape index (κ2) is 9.94. The van der Waals surface area contributed by atoms with Crippen molar-refractivity contribution in [3.8, 4) is 0 Å². The Bertz CT molecular complexity index is 157. The first-order chi connectivity index (χ1) is 8.02. The van der Waals surface area contributed by atoms with Crippen LogP contribution in [0.2, 0.25) is 0 Å². The molecule has 2 N–H and O–H groups in total. The first-order valence-corrected chi connectivity index (χ1v) is 7.72. The van der Waals surface area contributed by atoms with Crippen LogP contribution in [0.15, 0.2) is 0 Å². The zero-order valence-electron chi connectivity index (χ0n) is 12.7. The molecular weight excluding hydrogens is 206 g/mol. The van der Waals surface area contributed by atoms with E-state index in [1.165, 1.54) is 57.8 Å². The molecule has 1 atom stereocenters. The molecule has 104 valence electrons. The van der Waals surface area contributed by atoms with E-state index in [1.54, 1.807) is 0 Å². The molecule has 0 saturated carbocycles. The van der Waals surface area contributed by atoms with Crippen molar-refractivity contribution in [3.05, 3.63) is 0 Å². The van der Waals surface area contributed by atoms with Crippen LogP contribution in [0, 0.1) is 11.3 Å². The molecule has 0 aliphatic rings. The van der Waals surface area contributed by atoms with E-state index in [-0.39, 0.29) is 0 Å². The van der Waals surface area contributed by atoms with Crippen LogP contribution in [-0.2, 0) is 0 Å². The zero-order chi connectivity index (χ0) is 13.1. The lowest BCUT2D eigenvalue weighted by Gasteiger charge is -2.31. The van der Waals surface area contributed by atoms with Crippen molar-refractivity contribution in [1.82, 2.24) is 0 Å². The Morgan fingerprint density at radius 2 is 1.35 bits per heavy atom. The van der Waals surface area contributed by atoms with E-state index in [0.29, 0.717) is 5.41 Å². The molecule has 1 heteroatoms. The van der Waals surface area contributed by atoms with E-state index in [9.17, 15) is 0 Å². The van der Waals surface area contributed by atoms with E-state index in [2.05, 4.69) is 27.7 Å². The van der Waals surface area contributed by atoms with E-state index >= 15 is 0 Å². The summed E-state index contributed by atoms with van der Waals surface area (Å²) in [6.07, 6.45) is 12.4. The molecular formula is C16H35N. The van der Waals surface area contributed by atoms with Crippen LogP contribution in [0.4, 0.5) is 0 Å². The molecule has 0 spiro atoms. The van der Waals surface area contributed by atoms with E-state index in [4.69, 9.17) is 5.73 Å². The van der Waals surface area contributed by atoms with Gasteiger partial charge >= 0.3 is 0 Å². The predicted molar refractivity (Wildman–Crippen MR) is 79.2 cm³/mol. The van der Waals surface area contributed by atoms with Crippen molar-refractivity contribution in [2.75, 3.05) is 6.54 Å². The highest BCUT2D eigenvalue weighted by atomic mass is 14.5. The minimum Gasteiger partial charge on any atom is -0.330 e. The predicted octanol–water partition coefficient (Wildman–Crippen LogP) is 5.14. The van der Waals surface area contributed by atoms with Gasteiger partial charge in [0, 0.05) is 0 Å². The van der Waals surface area contributed by atoms with Gasteiger partial charge in [0.1, 0.15) is 0 Å². The smallest absolute Gasteiger partial charge is 0.00772 e. The Hall–Kier alpha value is -0.0400. The van der Waals surface area contributed by atoms with Crippen LogP contribution in [0.25, 0.3) is 0 Å². The van der Waals surface area contributed by atoms with Crippen molar-refractivity contribution >= 4 is 0 Å². The number of unbranched alkanes of at least 4 members (excludes halogenated alkanes) is 5. The van der Waals surface area contributed by atoms with Crippen LogP contribution < -0.4 is 5.73 Å². The largest absolute Gasteiger partial charge is 0.330 e. The Labute approximate surface area is 110 Å². The minimum absolute atomic E-state index is 0.457. The quantitative estimate of drug-likeness (QED) is 0.527. The molecule has 0 aromatic rings. The van der Waals surface area contributed by atoms with E-state index in [0.717, 1.165) is 12.5 Å². The summed E-state index contributed by atoms with van der Waals surface area (Å²) in [5.74, 6) is 0.859. The molecule has 1 unspecified atom stereocenters. The third kappa shape index (κ3) is 9.64. The number of nitrogens with two attached hydrogens (primary N) is 1. The molecule has 0 aliphatic heterocycles. The average molecular weight is 241 g/mol. The first kappa shape index (κ1) is 17.0. The van der Waals surface area contributed by atoms with Gasteiger partial charge in [-0.15, -0.1) is 0 Å². The summed E-state index contributed by atoms with van der Waals surface area (Å²) >= 11 is 0. The molecule has 17 heavy (non-hydrogen) atoms. The van der Waals surface area contributed by atoms with Crippen molar-refractivity contribution in [2.45, 2.75) is 85.5 Å². The van der Waals surface area contributed by atoms with Gasteiger partial charge in [-0.05, 0) is 37.1 Å². The summed E-state index contributed by atoms with van der Waals surface area (Å²) in [5, 5.41) is 0. The van der Waals surface area contributed by atoms with Crippen molar-refractivity contribution in [1.29, 1.82) is 0 Å². The summed E-state index contributed by atoms with van der Waals surface area (Å²) in [7, 11) is 0. The lowest BCUT2D eigenvalue weighted by Crippen LogP contribution is -2.21. The summed E-state index contributed by atoms with van der Waals surface area (Å²) in [6, 6.07) is 0. The molecule has 0 radical (unpaired) electrons. The summed E-state index contributed by atoms with van der Waals surface area (Å²) in [5.41, 5.74) is 6.09. The Morgan fingerprint density at radius 1 is 0.824 bits per heavy atom. The van der Waals surface area contributed by atoms with Gasteiger partial charge in [0.05, 0.1) is 0 Å². The number of hydrogen-bond donors (Lipinski definition) is 1. The van der Waals surface area contributed by atoms with E-state index < -0.39 is 0 Å². The monoisotopic (exact) mass is 241 g/mol. The van der Waals surface area contributed by atoms with E-state index in [1.807, 2.05) is 0 Å². The van der Waals surface area contributed by atoms with Gasteiger partial charge < -0.3 is 5.73 Å². The molecule has 0 aromatic heterocycles. The average Bonchev–Trinajstić information content (AvgIpc) is 2.25. The third-order valence-corrected chi connectivity index (χ3v) is 3.89. The molecule has 1 nitrogen and oxygen atoms in total. The van der Waals surface area contributed by atoms with Gasteiger partial charge in [-0.3, -0.25) is 0 Å². The molecule has 0 saturated heterocycles. The maximum absolute atomic E-state index is 5.63. The minimum atomic E-state index is 0.457. The highest BCUT2D eigenvalue weighted by Gasteiger charge is 2.23. The topological polar surface area (TPSA) is 26.0 Å². The molecule has 0 bridgehead atoms. The lowest BCUT2D eigenvalue weighted by molar-refractivity contribution is 0.203. The molecule has 0 fully saturated rings. The SMILES string of the molecule is CCCCCCCCC(CCCN)C(C)(C)C. The summed E-state index contributed by atoms with van der Waals surface area (Å²) in [6.45, 7) is 10.3. The Balaban J connectivity index is 3.69. The van der Waals surface area contributed by atoms with Crippen LogP contribution in [-0.4, -0.2) is 6.54 Å². The maximum atomic E-state index is 5.63. The molecule has 0 heterocycles. The second-order valence-corrected chi connectivity index (χ2v) is 6.55. The van der Waals surface area contributed by atoms with Gasteiger partial charge in [0.15, 0.2) is 0 Å². The Morgan fingerprint density at radius 3 is 1.88 bits per heavy atom. The van der Waals surface area contributed by atoms with Gasteiger partial charge in [0.25, 0.3) is 0 Å². The van der Waals surface area contributed by atoms with Gasteiger partial charge in [-0.25, -0.2) is 0 Å². The fourth-order valence-corrected chi connectivity index (χ4v) is 2.55. The highest BCUT2D eigenvalue weighted by Crippen LogP contribution is 2.33. The maximum Gasteiger partial charge on any atom is -0.00772 e. The van der Waals surface area contributed by atoms with Crippen molar-refractivity contribution in [3.63, 3.8) is 0 Å². The molecule has 0 amide bonds.